The van der Waals surface area contributed by atoms with Gasteiger partial charge in [-0.3, -0.25) is 4.98 Å². The van der Waals surface area contributed by atoms with E-state index < -0.39 is 0 Å². The van der Waals surface area contributed by atoms with Gasteiger partial charge in [0, 0.05) is 11.8 Å². The maximum atomic E-state index is 4.54. The zero-order valence-corrected chi connectivity index (χ0v) is 11.1. The number of pyridine rings is 1. The largest absolute Gasteiger partial charge is 0.370 e. The molecule has 4 heterocycles. The standard InChI is InChI=1S/C16H13N4/c1-18-12-6-2-3-7-13(12)20-10-14-15-11(5-4-8-17-15)9-19(14)16(18)20/h2-8,10H,9H2,1H3/q+1. The average Bonchev–Trinajstić information content (AvgIpc) is 3.09. The minimum Gasteiger partial charge on any atom is -0.253 e. The summed E-state index contributed by atoms with van der Waals surface area (Å²) in [6.07, 6.45) is 4.07. The molecular weight excluding hydrogens is 248 g/mol. The molecule has 3 aromatic heterocycles. The Bertz CT molecular complexity index is 990. The molecular formula is C16H13N4+. The van der Waals surface area contributed by atoms with Crippen LogP contribution < -0.4 is 4.57 Å². The van der Waals surface area contributed by atoms with Crippen LogP contribution in [-0.4, -0.2) is 14.0 Å². The third-order valence-corrected chi connectivity index (χ3v) is 4.26. The molecule has 0 atom stereocenters. The van der Waals surface area contributed by atoms with Gasteiger partial charge in [-0.25, -0.2) is 9.13 Å². The number of nitrogens with zero attached hydrogens (tertiary/aromatic N) is 4. The zero-order valence-electron chi connectivity index (χ0n) is 11.1. The molecule has 0 fully saturated rings. The van der Waals surface area contributed by atoms with E-state index in [0.29, 0.717) is 0 Å². The van der Waals surface area contributed by atoms with Gasteiger partial charge in [0.1, 0.15) is 22.9 Å². The Labute approximate surface area is 115 Å². The van der Waals surface area contributed by atoms with Crippen LogP contribution in [0.4, 0.5) is 0 Å². The van der Waals surface area contributed by atoms with Gasteiger partial charge in [-0.05, 0) is 18.2 Å². The lowest BCUT2D eigenvalue weighted by atomic mass is 10.2. The highest BCUT2D eigenvalue weighted by molar-refractivity contribution is 5.78. The van der Waals surface area contributed by atoms with Crippen LogP contribution in [-0.2, 0) is 13.6 Å². The number of hydrogen-bond donors (Lipinski definition) is 0. The molecule has 0 amide bonds. The van der Waals surface area contributed by atoms with E-state index >= 15 is 0 Å². The molecule has 20 heavy (non-hydrogen) atoms. The van der Waals surface area contributed by atoms with E-state index in [1.165, 1.54) is 28.1 Å². The van der Waals surface area contributed by atoms with Gasteiger partial charge >= 0.3 is 5.78 Å². The van der Waals surface area contributed by atoms with Gasteiger partial charge in [-0.15, -0.1) is 0 Å². The summed E-state index contributed by atoms with van der Waals surface area (Å²) in [6.45, 7) is 0.902. The van der Waals surface area contributed by atoms with E-state index in [9.17, 15) is 0 Å². The monoisotopic (exact) mass is 261 g/mol. The van der Waals surface area contributed by atoms with Crippen molar-refractivity contribution in [3.8, 4) is 11.4 Å². The fraction of sp³-hybridized carbons (Fsp3) is 0.125. The molecule has 4 aromatic rings. The minimum atomic E-state index is 0.902. The summed E-state index contributed by atoms with van der Waals surface area (Å²) in [4.78, 5) is 4.54. The lowest BCUT2D eigenvalue weighted by Crippen LogP contribution is -2.29. The summed E-state index contributed by atoms with van der Waals surface area (Å²) in [7, 11) is 2.13. The molecule has 96 valence electrons. The van der Waals surface area contributed by atoms with Crippen molar-refractivity contribution in [2.24, 2.45) is 7.05 Å². The van der Waals surface area contributed by atoms with E-state index in [0.717, 1.165) is 12.2 Å². The second-order valence-electron chi connectivity index (χ2n) is 5.33. The average molecular weight is 261 g/mol. The van der Waals surface area contributed by atoms with E-state index in [2.05, 4.69) is 62.1 Å². The molecule has 0 saturated heterocycles. The van der Waals surface area contributed by atoms with Crippen LogP contribution in [0, 0.1) is 0 Å². The SMILES string of the molecule is C[n+]1c2ccccc2n2cc3n(c21)Cc1cccnc1-3. The number of fused-ring (bicyclic) bond motifs is 7. The smallest absolute Gasteiger partial charge is 0.253 e. The fourth-order valence-electron chi connectivity index (χ4n) is 3.38. The van der Waals surface area contributed by atoms with Gasteiger partial charge in [-0.2, -0.15) is 4.40 Å². The maximum Gasteiger partial charge on any atom is 0.370 e. The van der Waals surface area contributed by atoms with E-state index in [1.54, 1.807) is 0 Å². The van der Waals surface area contributed by atoms with Crippen molar-refractivity contribution in [3.05, 3.63) is 54.4 Å². The van der Waals surface area contributed by atoms with Gasteiger partial charge in [0.15, 0.2) is 5.69 Å². The number of aryl methyl sites for hydroxylation is 1. The van der Waals surface area contributed by atoms with Gasteiger partial charge in [-0.1, -0.05) is 18.2 Å². The van der Waals surface area contributed by atoms with Crippen molar-refractivity contribution >= 4 is 16.8 Å². The van der Waals surface area contributed by atoms with E-state index in [-0.39, 0.29) is 0 Å². The Morgan fingerprint density at radius 1 is 1.15 bits per heavy atom. The number of imidazole rings is 2. The second-order valence-corrected chi connectivity index (χ2v) is 5.33. The van der Waals surface area contributed by atoms with Gasteiger partial charge in [0.25, 0.3) is 0 Å². The Morgan fingerprint density at radius 2 is 2.05 bits per heavy atom. The Balaban J connectivity index is 1.97. The van der Waals surface area contributed by atoms with Gasteiger partial charge in [0.05, 0.1) is 13.6 Å². The molecule has 0 saturated carbocycles. The van der Waals surface area contributed by atoms with Crippen molar-refractivity contribution in [1.82, 2.24) is 14.0 Å². The van der Waals surface area contributed by atoms with Crippen molar-refractivity contribution in [2.45, 2.75) is 6.54 Å². The second kappa shape index (κ2) is 3.28. The molecule has 0 N–H and O–H groups in total. The first kappa shape index (κ1) is 10.2. The minimum absolute atomic E-state index is 0.902. The van der Waals surface area contributed by atoms with E-state index in [4.69, 9.17) is 0 Å². The third kappa shape index (κ3) is 1.04. The molecule has 1 aliphatic heterocycles. The van der Waals surface area contributed by atoms with E-state index in [1.807, 2.05) is 12.3 Å². The summed E-state index contributed by atoms with van der Waals surface area (Å²) < 4.78 is 6.87. The highest BCUT2D eigenvalue weighted by atomic mass is 15.3. The summed E-state index contributed by atoms with van der Waals surface area (Å²) in [5.74, 6) is 1.21. The zero-order chi connectivity index (χ0) is 13.3. The van der Waals surface area contributed by atoms with Crippen LogP contribution in [0.2, 0.25) is 0 Å². The summed E-state index contributed by atoms with van der Waals surface area (Å²) in [5.41, 5.74) is 6.11. The van der Waals surface area contributed by atoms with Crippen LogP contribution in [0.5, 0.6) is 0 Å². The van der Waals surface area contributed by atoms with Crippen LogP contribution in [0.15, 0.2) is 48.8 Å². The first-order valence-electron chi connectivity index (χ1n) is 6.77. The molecule has 4 nitrogen and oxygen atoms in total. The van der Waals surface area contributed by atoms with Crippen molar-refractivity contribution < 1.29 is 4.57 Å². The van der Waals surface area contributed by atoms with Crippen LogP contribution in [0.3, 0.4) is 0 Å². The number of aromatic nitrogens is 4. The quantitative estimate of drug-likeness (QED) is 0.392. The lowest BCUT2D eigenvalue weighted by Gasteiger charge is -1.93. The Morgan fingerprint density at radius 3 is 3.00 bits per heavy atom. The summed E-state index contributed by atoms with van der Waals surface area (Å²) in [6, 6.07) is 12.7. The number of rotatable bonds is 0. The van der Waals surface area contributed by atoms with Gasteiger partial charge in [0.2, 0.25) is 0 Å². The van der Waals surface area contributed by atoms with Gasteiger partial charge < -0.3 is 0 Å². The third-order valence-electron chi connectivity index (χ3n) is 4.26. The molecule has 0 radical (unpaired) electrons. The molecule has 0 unspecified atom stereocenters. The predicted molar refractivity (Wildman–Crippen MR) is 76.4 cm³/mol. The molecule has 4 heteroatoms. The molecule has 0 spiro atoms. The lowest BCUT2D eigenvalue weighted by molar-refractivity contribution is -0.621. The van der Waals surface area contributed by atoms with Crippen molar-refractivity contribution in [3.63, 3.8) is 0 Å². The van der Waals surface area contributed by atoms with Crippen molar-refractivity contribution in [1.29, 1.82) is 0 Å². The molecule has 5 rings (SSSR count). The number of benzene rings is 1. The van der Waals surface area contributed by atoms with Crippen LogP contribution >= 0.6 is 0 Å². The normalized spacial score (nSPS) is 13.1. The fourth-order valence-corrected chi connectivity index (χ4v) is 3.38. The van der Waals surface area contributed by atoms with Crippen LogP contribution in [0.25, 0.3) is 28.2 Å². The molecule has 0 aliphatic carbocycles. The number of hydrogen-bond acceptors (Lipinski definition) is 1. The highest BCUT2D eigenvalue weighted by Gasteiger charge is 2.31. The topological polar surface area (TPSA) is 26.1 Å². The molecule has 1 aliphatic rings. The van der Waals surface area contributed by atoms with Crippen LogP contribution in [0.1, 0.15) is 5.56 Å². The summed E-state index contributed by atoms with van der Waals surface area (Å²) >= 11 is 0. The molecule has 0 bridgehead atoms. The number of para-hydroxylation sites is 2. The Kier molecular flexibility index (Phi) is 1.67. The summed E-state index contributed by atoms with van der Waals surface area (Å²) in [5, 5.41) is 0. The maximum absolute atomic E-state index is 4.54. The highest BCUT2D eigenvalue weighted by Crippen LogP contribution is 2.32. The van der Waals surface area contributed by atoms with Crippen molar-refractivity contribution in [2.75, 3.05) is 0 Å². The first-order chi connectivity index (χ1) is 9.84. The first-order valence-corrected chi connectivity index (χ1v) is 6.77. The predicted octanol–water partition coefficient (Wildman–Crippen LogP) is 2.14. The Hall–Kier alpha value is -2.62. The molecule has 1 aromatic carbocycles.